The molecule has 1 heterocycles. The molecular weight excluding hydrogens is 359 g/mol. The second-order valence-electron chi connectivity index (χ2n) is 4.51. The number of benzene rings is 1. The minimum absolute atomic E-state index is 0.0491. The summed E-state index contributed by atoms with van der Waals surface area (Å²) in [6.07, 6.45) is 1.76. The Morgan fingerprint density at radius 1 is 1.33 bits per heavy atom. The number of nitrogens with zero attached hydrogens (tertiary/aromatic N) is 1. The van der Waals surface area contributed by atoms with Crippen molar-refractivity contribution in [2.75, 3.05) is 6.54 Å². The van der Waals surface area contributed by atoms with Gasteiger partial charge in [0.1, 0.15) is 17.3 Å². The molecule has 1 aromatic heterocycles. The van der Waals surface area contributed by atoms with Crippen molar-refractivity contribution in [2.45, 2.75) is 20.4 Å². The largest absolute Gasteiger partial charge is 0.456 e. The number of aromatic nitrogens is 1. The van der Waals surface area contributed by atoms with Crippen LogP contribution in [0.5, 0.6) is 11.5 Å². The minimum atomic E-state index is -0.520. The van der Waals surface area contributed by atoms with Gasteiger partial charge in [-0.2, -0.15) is 0 Å². The van der Waals surface area contributed by atoms with Crippen LogP contribution in [0.2, 0.25) is 5.02 Å². The van der Waals surface area contributed by atoms with Crippen molar-refractivity contribution in [2.24, 2.45) is 0 Å². The van der Waals surface area contributed by atoms with E-state index in [9.17, 15) is 4.39 Å². The van der Waals surface area contributed by atoms with Crippen LogP contribution < -0.4 is 10.1 Å². The minimum Gasteiger partial charge on any atom is -0.456 e. The van der Waals surface area contributed by atoms with Gasteiger partial charge in [-0.3, -0.25) is 4.98 Å². The molecule has 112 valence electrons. The molecule has 0 saturated carbocycles. The van der Waals surface area contributed by atoms with Crippen molar-refractivity contribution in [1.82, 2.24) is 10.3 Å². The molecule has 0 aliphatic heterocycles. The zero-order chi connectivity index (χ0) is 15.4. The van der Waals surface area contributed by atoms with Gasteiger partial charge in [0.25, 0.3) is 0 Å². The molecule has 0 spiro atoms. The maximum atomic E-state index is 13.6. The van der Waals surface area contributed by atoms with Crippen LogP contribution in [0.4, 0.5) is 4.39 Å². The lowest BCUT2D eigenvalue weighted by Gasteiger charge is -2.13. The van der Waals surface area contributed by atoms with Crippen molar-refractivity contribution in [1.29, 1.82) is 0 Å². The quantitative estimate of drug-likeness (QED) is 0.761. The molecule has 0 fully saturated rings. The lowest BCUT2D eigenvalue weighted by atomic mass is 10.2. The van der Waals surface area contributed by atoms with Gasteiger partial charge in [-0.1, -0.05) is 18.5 Å². The number of rotatable bonds is 5. The standard InChI is InChI=1S/C15H15BrClFN2O/c1-3-19-7-10-8-20-9(2)4-14(10)21-15-6-13(18)12(17)5-11(15)16/h4-6,8,19H,3,7H2,1-2H3. The molecule has 3 nitrogen and oxygen atoms in total. The third kappa shape index (κ3) is 4.15. The van der Waals surface area contributed by atoms with Crippen molar-refractivity contribution in [3.63, 3.8) is 0 Å². The van der Waals surface area contributed by atoms with Crippen LogP contribution in [0, 0.1) is 12.7 Å². The summed E-state index contributed by atoms with van der Waals surface area (Å²) in [5.74, 6) is 0.500. The Morgan fingerprint density at radius 3 is 2.81 bits per heavy atom. The van der Waals surface area contributed by atoms with Crippen LogP contribution in [-0.2, 0) is 6.54 Å². The Morgan fingerprint density at radius 2 is 2.10 bits per heavy atom. The molecule has 0 aliphatic carbocycles. The first-order valence-corrected chi connectivity index (χ1v) is 7.67. The maximum Gasteiger partial charge on any atom is 0.145 e. The second kappa shape index (κ2) is 7.20. The number of halogens is 3. The molecule has 1 aromatic carbocycles. The van der Waals surface area contributed by atoms with E-state index in [0.717, 1.165) is 17.8 Å². The highest BCUT2D eigenvalue weighted by atomic mass is 79.9. The first-order chi connectivity index (χ1) is 10.0. The summed E-state index contributed by atoms with van der Waals surface area (Å²) < 4.78 is 20.0. The average Bonchev–Trinajstić information content (AvgIpc) is 2.44. The van der Waals surface area contributed by atoms with Crippen LogP contribution >= 0.6 is 27.5 Å². The van der Waals surface area contributed by atoms with E-state index < -0.39 is 5.82 Å². The van der Waals surface area contributed by atoms with Gasteiger partial charge in [0.05, 0.1) is 9.50 Å². The molecule has 21 heavy (non-hydrogen) atoms. The molecule has 6 heteroatoms. The predicted octanol–water partition coefficient (Wildman–Crippen LogP) is 4.85. The fraction of sp³-hybridized carbons (Fsp3) is 0.267. The highest BCUT2D eigenvalue weighted by molar-refractivity contribution is 9.10. The van der Waals surface area contributed by atoms with Crippen LogP contribution in [0.15, 0.2) is 28.9 Å². The van der Waals surface area contributed by atoms with Crippen LogP contribution in [0.1, 0.15) is 18.2 Å². The molecule has 0 atom stereocenters. The maximum absolute atomic E-state index is 13.6. The Labute approximate surface area is 136 Å². The first-order valence-electron chi connectivity index (χ1n) is 6.50. The second-order valence-corrected chi connectivity index (χ2v) is 5.77. The third-order valence-corrected chi connectivity index (χ3v) is 3.75. The summed E-state index contributed by atoms with van der Waals surface area (Å²) in [5.41, 5.74) is 1.74. The molecule has 0 aliphatic rings. The van der Waals surface area contributed by atoms with Crippen LogP contribution in [-0.4, -0.2) is 11.5 Å². The summed E-state index contributed by atoms with van der Waals surface area (Å²) in [7, 11) is 0. The van der Waals surface area contributed by atoms with Gasteiger partial charge in [-0.25, -0.2) is 4.39 Å². The molecule has 0 radical (unpaired) electrons. The van der Waals surface area contributed by atoms with Crippen molar-refractivity contribution < 1.29 is 9.13 Å². The smallest absolute Gasteiger partial charge is 0.145 e. The number of aryl methyl sites for hydroxylation is 1. The third-order valence-electron chi connectivity index (χ3n) is 2.84. The predicted molar refractivity (Wildman–Crippen MR) is 85.5 cm³/mol. The van der Waals surface area contributed by atoms with Gasteiger partial charge in [-0.05, 0) is 35.5 Å². The van der Waals surface area contributed by atoms with Crippen molar-refractivity contribution >= 4 is 27.5 Å². The van der Waals surface area contributed by atoms with Gasteiger partial charge in [-0.15, -0.1) is 0 Å². The summed E-state index contributed by atoms with van der Waals surface area (Å²) in [5, 5.41) is 3.27. The van der Waals surface area contributed by atoms with Crippen molar-refractivity contribution in [3.05, 3.63) is 51.0 Å². The van der Waals surface area contributed by atoms with Crippen molar-refractivity contribution in [3.8, 4) is 11.5 Å². The number of nitrogens with one attached hydrogen (secondary N) is 1. The lowest BCUT2D eigenvalue weighted by molar-refractivity contribution is 0.463. The molecule has 0 bridgehead atoms. The zero-order valence-electron chi connectivity index (χ0n) is 11.7. The van der Waals surface area contributed by atoms with E-state index in [1.165, 1.54) is 12.1 Å². The molecule has 1 N–H and O–H groups in total. The number of pyridine rings is 1. The van der Waals surface area contributed by atoms with Gasteiger partial charge >= 0.3 is 0 Å². The molecule has 0 saturated heterocycles. The normalized spacial score (nSPS) is 10.7. The van der Waals surface area contributed by atoms with Gasteiger partial charge in [0.15, 0.2) is 0 Å². The van der Waals surface area contributed by atoms with E-state index in [4.69, 9.17) is 16.3 Å². The Kier molecular flexibility index (Phi) is 5.56. The molecule has 0 amide bonds. The van der Waals surface area contributed by atoms with E-state index in [1.807, 2.05) is 19.9 Å². The molecule has 0 unspecified atom stereocenters. The van der Waals surface area contributed by atoms with E-state index >= 15 is 0 Å². The van der Waals surface area contributed by atoms with E-state index in [-0.39, 0.29) is 5.02 Å². The zero-order valence-corrected chi connectivity index (χ0v) is 14.1. The summed E-state index contributed by atoms with van der Waals surface area (Å²) in [6.45, 7) is 5.37. The summed E-state index contributed by atoms with van der Waals surface area (Å²) >= 11 is 9.06. The Hall–Kier alpha value is -1.17. The topological polar surface area (TPSA) is 34.2 Å². The monoisotopic (exact) mass is 372 g/mol. The van der Waals surface area contributed by atoms with E-state index in [1.54, 1.807) is 6.20 Å². The van der Waals surface area contributed by atoms with Gasteiger partial charge in [0, 0.05) is 36.1 Å². The highest BCUT2D eigenvalue weighted by Crippen LogP contribution is 2.35. The van der Waals surface area contributed by atoms with E-state index in [2.05, 4.69) is 26.2 Å². The number of hydrogen-bond donors (Lipinski definition) is 1. The molecule has 2 rings (SSSR count). The van der Waals surface area contributed by atoms with Crippen LogP contribution in [0.3, 0.4) is 0 Å². The van der Waals surface area contributed by atoms with Gasteiger partial charge < -0.3 is 10.1 Å². The SMILES string of the molecule is CCNCc1cnc(C)cc1Oc1cc(F)c(Cl)cc1Br. The molecular formula is C15H15BrClFN2O. The summed E-state index contributed by atoms with van der Waals surface area (Å²) in [6, 6.07) is 4.56. The first kappa shape index (κ1) is 16.2. The van der Waals surface area contributed by atoms with Gasteiger partial charge in [0.2, 0.25) is 0 Å². The van der Waals surface area contributed by atoms with E-state index in [0.29, 0.717) is 22.5 Å². The summed E-state index contributed by atoms with van der Waals surface area (Å²) in [4.78, 5) is 4.26. The van der Waals surface area contributed by atoms with Crippen LogP contribution in [0.25, 0.3) is 0 Å². The Bertz CT molecular complexity index is 652. The highest BCUT2D eigenvalue weighted by Gasteiger charge is 2.12. The number of hydrogen-bond acceptors (Lipinski definition) is 3. The fourth-order valence-electron chi connectivity index (χ4n) is 1.75. The Balaban J connectivity index is 2.34. The average molecular weight is 374 g/mol. The fourth-order valence-corrected chi connectivity index (χ4v) is 2.47. The lowest BCUT2D eigenvalue weighted by Crippen LogP contribution is -2.12. The number of ether oxygens (including phenoxy) is 1. The molecule has 2 aromatic rings.